The van der Waals surface area contributed by atoms with Crippen LogP contribution in [0.5, 0.6) is 11.5 Å². The lowest BCUT2D eigenvalue weighted by Gasteiger charge is -2.10. The molecule has 6 nitrogen and oxygen atoms in total. The van der Waals surface area contributed by atoms with Crippen LogP contribution in [0.4, 0.5) is 0 Å². The summed E-state index contributed by atoms with van der Waals surface area (Å²) in [5, 5.41) is 13.9. The molecule has 1 aromatic carbocycles. The maximum Gasteiger partial charge on any atom is 0.272 e. The minimum Gasteiger partial charge on any atom is -0.503 e. The molecule has 0 aliphatic rings. The van der Waals surface area contributed by atoms with Crippen molar-refractivity contribution in [2.45, 2.75) is 6.92 Å². The standard InChI is InChI=1S/C15H13Br2N3O3/c1-2-23-11-6-10(12(16)13(17)14(11)21)8-19-20-15(22)9-4-3-5-18-7-9/h3-8,21H,2H2,1H3,(H,20,22). The van der Waals surface area contributed by atoms with Crippen molar-refractivity contribution < 1.29 is 14.6 Å². The molecule has 2 aromatic rings. The van der Waals surface area contributed by atoms with Crippen molar-refractivity contribution in [1.82, 2.24) is 10.4 Å². The van der Waals surface area contributed by atoms with Gasteiger partial charge in [-0.05, 0) is 57.0 Å². The van der Waals surface area contributed by atoms with Crippen LogP contribution in [0.3, 0.4) is 0 Å². The molecular formula is C15H13Br2N3O3. The molecule has 2 N–H and O–H groups in total. The van der Waals surface area contributed by atoms with Gasteiger partial charge < -0.3 is 9.84 Å². The number of amides is 1. The van der Waals surface area contributed by atoms with Gasteiger partial charge in [0, 0.05) is 22.4 Å². The lowest BCUT2D eigenvalue weighted by atomic mass is 10.2. The lowest BCUT2D eigenvalue weighted by Crippen LogP contribution is -2.17. The number of phenolic OH excluding ortho intramolecular Hbond substituents is 1. The molecule has 0 saturated heterocycles. The number of pyridine rings is 1. The molecule has 0 spiro atoms. The summed E-state index contributed by atoms with van der Waals surface area (Å²) in [5.41, 5.74) is 3.45. The van der Waals surface area contributed by atoms with E-state index in [1.54, 1.807) is 24.4 Å². The van der Waals surface area contributed by atoms with Gasteiger partial charge in [-0.3, -0.25) is 9.78 Å². The van der Waals surface area contributed by atoms with E-state index in [-0.39, 0.29) is 11.7 Å². The van der Waals surface area contributed by atoms with Crippen LogP contribution < -0.4 is 10.2 Å². The fourth-order valence-electron chi connectivity index (χ4n) is 1.69. The predicted molar refractivity (Wildman–Crippen MR) is 94.0 cm³/mol. The summed E-state index contributed by atoms with van der Waals surface area (Å²) >= 11 is 6.63. The predicted octanol–water partition coefficient (Wildman–Crippen LogP) is 3.47. The van der Waals surface area contributed by atoms with E-state index >= 15 is 0 Å². The number of phenols is 1. The van der Waals surface area contributed by atoms with Crippen molar-refractivity contribution in [2.24, 2.45) is 5.10 Å². The van der Waals surface area contributed by atoms with E-state index in [0.717, 1.165) is 0 Å². The van der Waals surface area contributed by atoms with Crippen molar-refractivity contribution in [3.8, 4) is 11.5 Å². The Hall–Kier alpha value is -1.93. The third-order valence-corrected chi connectivity index (χ3v) is 4.93. The molecule has 1 aromatic heterocycles. The molecule has 23 heavy (non-hydrogen) atoms. The smallest absolute Gasteiger partial charge is 0.272 e. The van der Waals surface area contributed by atoms with Gasteiger partial charge in [0.1, 0.15) is 0 Å². The monoisotopic (exact) mass is 441 g/mol. The van der Waals surface area contributed by atoms with Crippen LogP contribution in [0.2, 0.25) is 0 Å². The number of nitrogens with one attached hydrogen (secondary N) is 1. The maximum absolute atomic E-state index is 11.9. The summed E-state index contributed by atoms with van der Waals surface area (Å²) in [6.45, 7) is 2.23. The number of ether oxygens (including phenoxy) is 1. The summed E-state index contributed by atoms with van der Waals surface area (Å²) < 4.78 is 6.39. The largest absolute Gasteiger partial charge is 0.503 e. The minimum atomic E-state index is -0.367. The number of hydrogen-bond donors (Lipinski definition) is 2. The number of benzene rings is 1. The highest BCUT2D eigenvalue weighted by Gasteiger charge is 2.14. The summed E-state index contributed by atoms with van der Waals surface area (Å²) in [6, 6.07) is 4.92. The maximum atomic E-state index is 11.9. The van der Waals surface area contributed by atoms with Gasteiger partial charge >= 0.3 is 0 Å². The quantitative estimate of drug-likeness (QED) is 0.548. The Labute approximate surface area is 149 Å². The number of rotatable bonds is 5. The second-order valence-electron chi connectivity index (χ2n) is 4.31. The molecule has 2 rings (SSSR count). The van der Waals surface area contributed by atoms with Gasteiger partial charge in [-0.15, -0.1) is 0 Å². The highest BCUT2D eigenvalue weighted by molar-refractivity contribution is 9.13. The van der Waals surface area contributed by atoms with Crippen LogP contribution in [0, 0.1) is 0 Å². The number of aromatic hydroxyl groups is 1. The molecule has 1 heterocycles. The number of halogens is 2. The first-order chi connectivity index (χ1) is 11.0. The average molecular weight is 443 g/mol. The van der Waals surface area contributed by atoms with E-state index in [0.29, 0.717) is 32.4 Å². The summed E-state index contributed by atoms with van der Waals surface area (Å²) in [7, 11) is 0. The van der Waals surface area contributed by atoms with Gasteiger partial charge in [-0.25, -0.2) is 5.43 Å². The van der Waals surface area contributed by atoms with E-state index in [4.69, 9.17) is 4.74 Å². The Morgan fingerprint density at radius 3 is 2.91 bits per heavy atom. The van der Waals surface area contributed by atoms with E-state index in [9.17, 15) is 9.90 Å². The molecule has 0 fully saturated rings. The molecule has 0 saturated carbocycles. The SMILES string of the molecule is CCOc1cc(C=NNC(=O)c2cccnc2)c(Br)c(Br)c1O. The highest BCUT2D eigenvalue weighted by atomic mass is 79.9. The Kier molecular flexibility index (Phi) is 6.12. The number of hydrogen-bond acceptors (Lipinski definition) is 5. The molecule has 0 bridgehead atoms. The van der Waals surface area contributed by atoms with Gasteiger partial charge in [0.2, 0.25) is 0 Å². The normalized spacial score (nSPS) is 10.7. The minimum absolute atomic E-state index is 0.00438. The van der Waals surface area contributed by atoms with Crippen molar-refractivity contribution in [1.29, 1.82) is 0 Å². The number of hydrazone groups is 1. The van der Waals surface area contributed by atoms with Gasteiger partial charge in [0.15, 0.2) is 11.5 Å². The van der Waals surface area contributed by atoms with Gasteiger partial charge in [-0.2, -0.15) is 5.10 Å². The number of nitrogens with zero attached hydrogens (tertiary/aromatic N) is 2. The van der Waals surface area contributed by atoms with E-state index in [2.05, 4.69) is 47.4 Å². The molecule has 8 heteroatoms. The first kappa shape index (κ1) is 17.4. The third kappa shape index (κ3) is 4.29. The highest BCUT2D eigenvalue weighted by Crippen LogP contribution is 2.41. The number of aromatic nitrogens is 1. The second kappa shape index (κ2) is 8.07. The number of carbonyl (C=O) groups is 1. The van der Waals surface area contributed by atoms with E-state index in [1.807, 2.05) is 6.92 Å². The van der Waals surface area contributed by atoms with Crippen LogP contribution in [-0.4, -0.2) is 28.8 Å². The van der Waals surface area contributed by atoms with Crippen LogP contribution in [-0.2, 0) is 0 Å². The molecule has 0 aliphatic heterocycles. The fourth-order valence-corrected chi connectivity index (χ4v) is 2.52. The molecule has 0 radical (unpaired) electrons. The van der Waals surface area contributed by atoms with Gasteiger partial charge in [0.25, 0.3) is 5.91 Å². The molecule has 0 atom stereocenters. The zero-order valence-electron chi connectivity index (χ0n) is 12.1. The summed E-state index contributed by atoms with van der Waals surface area (Å²) in [4.78, 5) is 15.7. The molecule has 0 unspecified atom stereocenters. The topological polar surface area (TPSA) is 83.8 Å². The van der Waals surface area contributed by atoms with Gasteiger partial charge in [0.05, 0.1) is 22.9 Å². The summed E-state index contributed by atoms with van der Waals surface area (Å²) in [6.07, 6.45) is 4.48. The third-order valence-electron chi connectivity index (χ3n) is 2.77. The molecule has 120 valence electrons. The van der Waals surface area contributed by atoms with Crippen LogP contribution in [0.15, 0.2) is 44.6 Å². The second-order valence-corrected chi connectivity index (χ2v) is 5.90. The molecule has 1 amide bonds. The van der Waals surface area contributed by atoms with Crippen LogP contribution in [0.25, 0.3) is 0 Å². The molecular weight excluding hydrogens is 430 g/mol. The first-order valence-electron chi connectivity index (χ1n) is 6.61. The van der Waals surface area contributed by atoms with Crippen LogP contribution >= 0.6 is 31.9 Å². The van der Waals surface area contributed by atoms with Gasteiger partial charge in [-0.1, -0.05) is 0 Å². The average Bonchev–Trinajstić information content (AvgIpc) is 2.57. The number of carbonyl (C=O) groups excluding carboxylic acids is 1. The van der Waals surface area contributed by atoms with Crippen molar-refractivity contribution >= 4 is 44.0 Å². The van der Waals surface area contributed by atoms with Crippen molar-refractivity contribution in [2.75, 3.05) is 6.61 Å². The van der Waals surface area contributed by atoms with Crippen LogP contribution in [0.1, 0.15) is 22.8 Å². The Balaban J connectivity index is 2.18. The Morgan fingerprint density at radius 1 is 1.48 bits per heavy atom. The first-order valence-corrected chi connectivity index (χ1v) is 8.20. The Morgan fingerprint density at radius 2 is 2.26 bits per heavy atom. The lowest BCUT2D eigenvalue weighted by molar-refractivity contribution is 0.0955. The zero-order chi connectivity index (χ0) is 16.8. The zero-order valence-corrected chi connectivity index (χ0v) is 15.3. The Bertz CT molecular complexity index is 736. The summed E-state index contributed by atoms with van der Waals surface area (Å²) in [5.74, 6) is -0.0498. The van der Waals surface area contributed by atoms with Crippen molar-refractivity contribution in [3.63, 3.8) is 0 Å². The van der Waals surface area contributed by atoms with E-state index in [1.165, 1.54) is 12.4 Å². The van der Waals surface area contributed by atoms with Crippen molar-refractivity contribution in [3.05, 3.63) is 50.7 Å². The van der Waals surface area contributed by atoms with E-state index < -0.39 is 0 Å². The molecule has 0 aliphatic carbocycles. The fraction of sp³-hybridized carbons (Fsp3) is 0.133.